The number of sulfone groups is 1. The minimum absolute atomic E-state index is 0.401. The monoisotopic (exact) mass is 249 g/mol. The molecule has 0 saturated carbocycles. The lowest BCUT2D eigenvalue weighted by molar-refractivity contribution is 0.602. The number of fused-ring (bicyclic) bond motifs is 1. The summed E-state index contributed by atoms with van der Waals surface area (Å²) in [5, 5.41) is 0.729. The van der Waals surface area contributed by atoms with Crippen molar-refractivity contribution >= 4 is 20.7 Å². The molecule has 0 spiro atoms. The Balaban J connectivity index is 2.98. The lowest BCUT2D eigenvalue weighted by atomic mass is 10.1. The van der Waals surface area contributed by atoms with E-state index in [2.05, 4.69) is 4.98 Å². The molecule has 0 fully saturated rings. The van der Waals surface area contributed by atoms with Gasteiger partial charge in [-0.05, 0) is 24.5 Å². The van der Waals surface area contributed by atoms with Gasteiger partial charge in [-0.2, -0.15) is 0 Å². The molecule has 4 heteroatoms. The summed E-state index contributed by atoms with van der Waals surface area (Å²) in [7, 11) is -3.23. The highest BCUT2D eigenvalue weighted by atomic mass is 32.2. The van der Waals surface area contributed by atoms with Crippen molar-refractivity contribution < 1.29 is 8.42 Å². The normalized spacial score (nSPS) is 11.9. The Hall–Kier alpha value is -1.42. The first-order valence-electron chi connectivity index (χ1n) is 5.52. The third kappa shape index (κ3) is 2.05. The first-order chi connectivity index (χ1) is 7.95. The summed E-state index contributed by atoms with van der Waals surface area (Å²) in [5.74, 6) is 0. The maximum Gasteiger partial charge on any atom is 0.176 e. The maximum atomic E-state index is 11.8. The molecule has 2 aromatic rings. The van der Waals surface area contributed by atoms with Crippen molar-refractivity contribution in [3.8, 4) is 0 Å². The summed E-state index contributed by atoms with van der Waals surface area (Å²) in [4.78, 5) is 4.76. The third-order valence-corrected chi connectivity index (χ3v) is 4.14. The highest BCUT2D eigenvalue weighted by Crippen LogP contribution is 2.26. The predicted molar refractivity (Wildman–Crippen MR) is 69.0 cm³/mol. The van der Waals surface area contributed by atoms with Crippen molar-refractivity contribution in [2.45, 2.75) is 25.2 Å². The molecule has 0 N–H and O–H groups in total. The van der Waals surface area contributed by atoms with Crippen LogP contribution in [0, 0.1) is 6.92 Å². The van der Waals surface area contributed by atoms with Crippen LogP contribution < -0.4 is 0 Å². The van der Waals surface area contributed by atoms with Crippen molar-refractivity contribution in [3.63, 3.8) is 0 Å². The molecule has 2 rings (SSSR count). The molecule has 0 radical (unpaired) electrons. The molecule has 1 heterocycles. The van der Waals surface area contributed by atoms with Gasteiger partial charge in [-0.1, -0.05) is 25.1 Å². The van der Waals surface area contributed by atoms with Crippen LogP contribution in [0.5, 0.6) is 0 Å². The lowest BCUT2D eigenvalue weighted by Crippen LogP contribution is -2.03. The topological polar surface area (TPSA) is 47.0 Å². The smallest absolute Gasteiger partial charge is 0.176 e. The summed E-state index contributed by atoms with van der Waals surface area (Å²) < 4.78 is 23.7. The van der Waals surface area contributed by atoms with Crippen molar-refractivity contribution in [3.05, 3.63) is 35.5 Å². The number of para-hydroxylation sites is 1. The van der Waals surface area contributed by atoms with E-state index in [0.717, 1.165) is 22.9 Å². The van der Waals surface area contributed by atoms with Gasteiger partial charge in [0.15, 0.2) is 9.84 Å². The second kappa shape index (κ2) is 4.11. The van der Waals surface area contributed by atoms with Gasteiger partial charge in [-0.15, -0.1) is 0 Å². The second-order valence-electron chi connectivity index (χ2n) is 4.21. The minimum Gasteiger partial charge on any atom is -0.256 e. The largest absolute Gasteiger partial charge is 0.256 e. The average Bonchev–Trinajstić information content (AvgIpc) is 2.25. The van der Waals surface area contributed by atoms with E-state index in [1.807, 2.05) is 25.1 Å². The van der Waals surface area contributed by atoms with E-state index in [1.54, 1.807) is 13.1 Å². The number of benzene rings is 1. The molecule has 0 aliphatic carbocycles. The van der Waals surface area contributed by atoms with Crippen molar-refractivity contribution in [2.75, 3.05) is 6.26 Å². The summed E-state index contributed by atoms with van der Waals surface area (Å²) >= 11 is 0. The summed E-state index contributed by atoms with van der Waals surface area (Å²) in [6, 6.07) is 5.69. The van der Waals surface area contributed by atoms with Crippen LogP contribution in [0.3, 0.4) is 0 Å². The van der Waals surface area contributed by atoms with Gasteiger partial charge in [-0.25, -0.2) is 8.42 Å². The van der Waals surface area contributed by atoms with Gasteiger partial charge in [-0.3, -0.25) is 4.98 Å². The molecule has 0 unspecified atom stereocenters. The van der Waals surface area contributed by atoms with Crippen LogP contribution in [-0.4, -0.2) is 19.7 Å². The molecule has 0 bridgehead atoms. The van der Waals surface area contributed by atoms with Crippen LogP contribution >= 0.6 is 0 Å². The third-order valence-electron chi connectivity index (χ3n) is 2.86. The fourth-order valence-corrected chi connectivity index (χ4v) is 3.34. The SMILES string of the molecule is CCc1cccc2c(S(C)(=O)=O)c(C)cnc12. The molecule has 0 amide bonds. The van der Waals surface area contributed by atoms with E-state index in [-0.39, 0.29) is 0 Å². The average molecular weight is 249 g/mol. The number of rotatable bonds is 2. The Kier molecular flexibility index (Phi) is 2.91. The van der Waals surface area contributed by atoms with Crippen LogP contribution in [0.25, 0.3) is 10.9 Å². The van der Waals surface area contributed by atoms with E-state index in [4.69, 9.17) is 0 Å². The zero-order chi connectivity index (χ0) is 12.6. The quantitative estimate of drug-likeness (QED) is 0.821. The predicted octanol–water partition coefficient (Wildman–Crippen LogP) is 2.51. The van der Waals surface area contributed by atoms with Crippen LogP contribution in [0.4, 0.5) is 0 Å². The lowest BCUT2D eigenvalue weighted by Gasteiger charge is -2.10. The standard InChI is InChI=1S/C13H15NO2S/c1-4-10-6-5-7-11-12(10)14-8-9(2)13(11)17(3,15)16/h5-8H,4H2,1-3H3. The van der Waals surface area contributed by atoms with Crippen LogP contribution in [0.15, 0.2) is 29.3 Å². The van der Waals surface area contributed by atoms with Gasteiger partial charge in [0.2, 0.25) is 0 Å². The van der Waals surface area contributed by atoms with Gasteiger partial charge in [0.1, 0.15) is 0 Å². The molecule has 0 aliphatic heterocycles. The first kappa shape index (κ1) is 12.0. The second-order valence-corrected chi connectivity index (χ2v) is 6.16. The Labute approximate surface area is 101 Å². The van der Waals surface area contributed by atoms with E-state index < -0.39 is 9.84 Å². The number of hydrogen-bond acceptors (Lipinski definition) is 3. The summed E-state index contributed by atoms with van der Waals surface area (Å²) in [6.07, 6.45) is 3.72. The van der Waals surface area contributed by atoms with Crippen LogP contribution in [0.2, 0.25) is 0 Å². The molecule has 1 aromatic carbocycles. The maximum absolute atomic E-state index is 11.8. The van der Waals surface area contributed by atoms with Gasteiger partial charge in [0, 0.05) is 17.8 Å². The van der Waals surface area contributed by atoms with Crippen LogP contribution in [0.1, 0.15) is 18.1 Å². The van der Waals surface area contributed by atoms with Gasteiger partial charge >= 0.3 is 0 Å². The zero-order valence-electron chi connectivity index (χ0n) is 10.2. The Morgan fingerprint density at radius 2 is 2.00 bits per heavy atom. The van der Waals surface area contributed by atoms with Gasteiger partial charge in [0.25, 0.3) is 0 Å². The first-order valence-corrected chi connectivity index (χ1v) is 7.41. The zero-order valence-corrected chi connectivity index (χ0v) is 11.0. The summed E-state index contributed by atoms with van der Waals surface area (Å²) in [5.41, 5.74) is 2.57. The van der Waals surface area contributed by atoms with Gasteiger partial charge < -0.3 is 0 Å². The Morgan fingerprint density at radius 3 is 2.59 bits per heavy atom. The summed E-state index contributed by atoms with van der Waals surface area (Å²) in [6.45, 7) is 3.82. The molecular formula is C13H15NO2S. The van der Waals surface area contributed by atoms with E-state index in [9.17, 15) is 8.42 Å². The van der Waals surface area contributed by atoms with Gasteiger partial charge in [0.05, 0.1) is 10.4 Å². The Bertz CT molecular complexity index is 675. The Morgan fingerprint density at radius 1 is 1.29 bits per heavy atom. The fraction of sp³-hybridized carbons (Fsp3) is 0.308. The highest BCUT2D eigenvalue weighted by molar-refractivity contribution is 7.91. The number of aryl methyl sites for hydroxylation is 2. The molecule has 3 nitrogen and oxygen atoms in total. The highest BCUT2D eigenvalue weighted by Gasteiger charge is 2.16. The van der Waals surface area contributed by atoms with E-state index in [1.165, 1.54) is 6.26 Å². The molecule has 90 valence electrons. The van der Waals surface area contributed by atoms with E-state index in [0.29, 0.717) is 10.5 Å². The van der Waals surface area contributed by atoms with Crippen molar-refractivity contribution in [1.82, 2.24) is 4.98 Å². The van der Waals surface area contributed by atoms with Crippen molar-refractivity contribution in [2.24, 2.45) is 0 Å². The number of pyridine rings is 1. The molecule has 0 aliphatic rings. The molecular weight excluding hydrogens is 234 g/mol. The van der Waals surface area contributed by atoms with E-state index >= 15 is 0 Å². The minimum atomic E-state index is -3.23. The molecule has 1 aromatic heterocycles. The van der Waals surface area contributed by atoms with Crippen LogP contribution in [-0.2, 0) is 16.3 Å². The molecule has 0 atom stereocenters. The number of nitrogens with zero attached hydrogens (tertiary/aromatic N) is 1. The fourth-order valence-electron chi connectivity index (χ4n) is 2.14. The molecule has 17 heavy (non-hydrogen) atoms. The van der Waals surface area contributed by atoms with Crippen molar-refractivity contribution in [1.29, 1.82) is 0 Å². The number of aromatic nitrogens is 1. The molecule has 0 saturated heterocycles. The number of hydrogen-bond donors (Lipinski definition) is 0.